The van der Waals surface area contributed by atoms with E-state index in [1.165, 1.54) is 32.1 Å². The van der Waals surface area contributed by atoms with Gasteiger partial charge in [-0.1, -0.05) is 19.3 Å². The Morgan fingerprint density at radius 2 is 1.84 bits per heavy atom. The van der Waals surface area contributed by atoms with Gasteiger partial charge in [0.1, 0.15) is 0 Å². The molecule has 110 valence electrons. The molecule has 1 atom stereocenters. The zero-order valence-electron chi connectivity index (χ0n) is 12.5. The van der Waals surface area contributed by atoms with Gasteiger partial charge >= 0.3 is 6.03 Å². The number of hydrogen-bond donors (Lipinski definition) is 1. The minimum absolute atomic E-state index is 0.112. The van der Waals surface area contributed by atoms with Gasteiger partial charge in [0.05, 0.1) is 0 Å². The number of rotatable bonds is 4. The Bertz CT molecular complexity index is 285. The van der Waals surface area contributed by atoms with Crippen LogP contribution in [0.15, 0.2) is 0 Å². The lowest BCUT2D eigenvalue weighted by Crippen LogP contribution is -2.46. The Labute approximate surface area is 117 Å². The van der Waals surface area contributed by atoms with Crippen LogP contribution in [0, 0.1) is 0 Å². The zero-order chi connectivity index (χ0) is 13.7. The summed E-state index contributed by atoms with van der Waals surface area (Å²) in [4.78, 5) is 16.5. The molecule has 0 aromatic rings. The minimum Gasteiger partial charge on any atom is -0.334 e. The maximum absolute atomic E-state index is 12.0. The molecule has 1 aliphatic heterocycles. The molecule has 0 radical (unpaired) electrons. The third kappa shape index (κ3) is 3.85. The Balaban J connectivity index is 1.76. The molecule has 4 heteroatoms. The van der Waals surface area contributed by atoms with Gasteiger partial charge in [-0.2, -0.15) is 0 Å². The van der Waals surface area contributed by atoms with E-state index in [0.29, 0.717) is 6.04 Å². The molecule has 1 heterocycles. The Hall–Kier alpha value is -0.770. The highest BCUT2D eigenvalue weighted by molar-refractivity contribution is 5.74. The first-order chi connectivity index (χ1) is 9.24. The van der Waals surface area contributed by atoms with Gasteiger partial charge in [0.15, 0.2) is 0 Å². The van der Waals surface area contributed by atoms with Crippen molar-refractivity contribution in [2.24, 2.45) is 0 Å². The second kappa shape index (κ2) is 7.13. The summed E-state index contributed by atoms with van der Waals surface area (Å²) in [5, 5.41) is 3.20. The maximum Gasteiger partial charge on any atom is 0.317 e. The molecule has 2 fully saturated rings. The molecule has 2 rings (SSSR count). The van der Waals surface area contributed by atoms with Gasteiger partial charge in [-0.15, -0.1) is 0 Å². The predicted molar refractivity (Wildman–Crippen MR) is 78.3 cm³/mol. The van der Waals surface area contributed by atoms with E-state index in [0.717, 1.165) is 38.6 Å². The first-order valence-electron chi connectivity index (χ1n) is 8.04. The van der Waals surface area contributed by atoms with Crippen molar-refractivity contribution in [3.8, 4) is 0 Å². The van der Waals surface area contributed by atoms with E-state index in [1.807, 2.05) is 18.7 Å². The summed E-state index contributed by atoms with van der Waals surface area (Å²) in [7, 11) is 0. The van der Waals surface area contributed by atoms with Crippen molar-refractivity contribution in [2.75, 3.05) is 26.2 Å². The van der Waals surface area contributed by atoms with E-state index in [-0.39, 0.29) is 6.03 Å². The van der Waals surface area contributed by atoms with Crippen molar-refractivity contribution in [3.63, 3.8) is 0 Å². The Morgan fingerprint density at radius 1 is 1.16 bits per heavy atom. The lowest BCUT2D eigenvalue weighted by atomic mass is 9.94. The first-order valence-corrected chi connectivity index (χ1v) is 8.04. The Kier molecular flexibility index (Phi) is 5.49. The standard InChI is InChI=1S/C15H29N3O/c1-3-17(4-2)15(19)16-13-10-11-18(12-13)14-8-6-5-7-9-14/h13-14H,3-12H2,1-2H3,(H,16,19). The van der Waals surface area contributed by atoms with Gasteiger partial charge in [0.2, 0.25) is 0 Å². The molecule has 2 aliphatic rings. The summed E-state index contributed by atoms with van der Waals surface area (Å²) in [5.74, 6) is 0. The third-order valence-electron chi connectivity index (χ3n) is 4.69. The highest BCUT2D eigenvalue weighted by Gasteiger charge is 2.30. The first kappa shape index (κ1) is 14.6. The van der Waals surface area contributed by atoms with Gasteiger partial charge in [0.25, 0.3) is 0 Å². The van der Waals surface area contributed by atoms with Crippen molar-refractivity contribution in [1.82, 2.24) is 15.1 Å². The van der Waals surface area contributed by atoms with Gasteiger partial charge in [0, 0.05) is 38.3 Å². The fourth-order valence-electron chi connectivity index (χ4n) is 3.46. The van der Waals surface area contributed by atoms with Crippen LogP contribution in [0.4, 0.5) is 4.79 Å². The Morgan fingerprint density at radius 3 is 2.47 bits per heavy atom. The largest absolute Gasteiger partial charge is 0.334 e. The number of carbonyl (C=O) groups excluding carboxylic acids is 1. The average molecular weight is 267 g/mol. The van der Waals surface area contributed by atoms with Crippen LogP contribution in [0.25, 0.3) is 0 Å². The van der Waals surface area contributed by atoms with E-state index in [4.69, 9.17) is 0 Å². The van der Waals surface area contributed by atoms with Crippen LogP contribution >= 0.6 is 0 Å². The molecule has 1 saturated carbocycles. The topological polar surface area (TPSA) is 35.6 Å². The molecule has 19 heavy (non-hydrogen) atoms. The lowest BCUT2D eigenvalue weighted by molar-refractivity contribution is 0.181. The highest BCUT2D eigenvalue weighted by atomic mass is 16.2. The summed E-state index contributed by atoms with van der Waals surface area (Å²) >= 11 is 0. The van der Waals surface area contributed by atoms with Crippen LogP contribution in [0.2, 0.25) is 0 Å². The molecular weight excluding hydrogens is 238 g/mol. The van der Waals surface area contributed by atoms with Crippen LogP contribution in [-0.2, 0) is 0 Å². The van der Waals surface area contributed by atoms with Gasteiger partial charge in [-0.05, 0) is 33.1 Å². The smallest absolute Gasteiger partial charge is 0.317 e. The van der Waals surface area contributed by atoms with Gasteiger partial charge in [-0.25, -0.2) is 4.79 Å². The quantitative estimate of drug-likeness (QED) is 0.849. The second-order valence-electron chi connectivity index (χ2n) is 5.89. The van der Waals surface area contributed by atoms with Crippen LogP contribution in [0.1, 0.15) is 52.4 Å². The number of amides is 2. The normalized spacial score (nSPS) is 25.5. The zero-order valence-corrected chi connectivity index (χ0v) is 12.5. The molecule has 2 amide bonds. The summed E-state index contributed by atoms with van der Waals surface area (Å²) in [6, 6.07) is 1.25. The number of hydrogen-bond acceptors (Lipinski definition) is 2. The molecule has 0 spiro atoms. The van der Waals surface area contributed by atoms with Crippen molar-refractivity contribution < 1.29 is 4.79 Å². The molecule has 1 N–H and O–H groups in total. The van der Waals surface area contributed by atoms with E-state index >= 15 is 0 Å². The highest BCUT2D eigenvalue weighted by Crippen LogP contribution is 2.25. The average Bonchev–Trinajstić information content (AvgIpc) is 2.89. The van der Waals surface area contributed by atoms with Crippen LogP contribution in [-0.4, -0.2) is 54.1 Å². The van der Waals surface area contributed by atoms with Crippen LogP contribution in [0.5, 0.6) is 0 Å². The third-order valence-corrected chi connectivity index (χ3v) is 4.69. The van der Waals surface area contributed by atoms with Crippen LogP contribution in [0.3, 0.4) is 0 Å². The number of nitrogens with zero attached hydrogens (tertiary/aromatic N) is 2. The van der Waals surface area contributed by atoms with Crippen molar-refractivity contribution >= 4 is 6.03 Å². The van der Waals surface area contributed by atoms with Crippen LogP contribution < -0.4 is 5.32 Å². The van der Waals surface area contributed by atoms with Gasteiger partial charge < -0.3 is 10.2 Å². The molecule has 1 aliphatic carbocycles. The monoisotopic (exact) mass is 267 g/mol. The minimum atomic E-state index is 0.112. The number of nitrogens with one attached hydrogen (secondary N) is 1. The van der Waals surface area contributed by atoms with Gasteiger partial charge in [-0.3, -0.25) is 4.90 Å². The maximum atomic E-state index is 12.0. The molecule has 0 bridgehead atoms. The van der Waals surface area contributed by atoms with E-state index in [1.54, 1.807) is 0 Å². The number of urea groups is 1. The second-order valence-corrected chi connectivity index (χ2v) is 5.89. The van der Waals surface area contributed by atoms with Crippen molar-refractivity contribution in [1.29, 1.82) is 0 Å². The summed E-state index contributed by atoms with van der Waals surface area (Å²) in [6.07, 6.45) is 8.01. The molecule has 4 nitrogen and oxygen atoms in total. The molecule has 1 unspecified atom stereocenters. The fourth-order valence-corrected chi connectivity index (χ4v) is 3.46. The lowest BCUT2D eigenvalue weighted by Gasteiger charge is -2.31. The molecule has 0 aromatic heterocycles. The summed E-state index contributed by atoms with van der Waals surface area (Å²) < 4.78 is 0. The molecular formula is C15H29N3O. The predicted octanol–water partition coefficient (Wildman–Crippen LogP) is 2.44. The van der Waals surface area contributed by atoms with E-state index in [9.17, 15) is 4.79 Å². The molecule has 1 saturated heterocycles. The summed E-state index contributed by atoms with van der Waals surface area (Å²) in [5.41, 5.74) is 0. The van der Waals surface area contributed by atoms with Crippen molar-refractivity contribution in [2.45, 2.75) is 64.5 Å². The van der Waals surface area contributed by atoms with E-state index in [2.05, 4.69) is 10.2 Å². The van der Waals surface area contributed by atoms with Crippen molar-refractivity contribution in [3.05, 3.63) is 0 Å². The number of carbonyl (C=O) groups is 1. The summed E-state index contributed by atoms with van der Waals surface area (Å²) in [6.45, 7) is 7.87. The van der Waals surface area contributed by atoms with E-state index < -0.39 is 0 Å². The SMILES string of the molecule is CCN(CC)C(=O)NC1CCN(C2CCCCC2)C1. The fraction of sp³-hybridized carbons (Fsp3) is 0.933. The number of likely N-dealkylation sites (tertiary alicyclic amines) is 1. The molecule has 0 aromatic carbocycles.